The van der Waals surface area contributed by atoms with Gasteiger partial charge in [0, 0.05) is 25.2 Å². The Morgan fingerprint density at radius 3 is 2.00 bits per heavy atom. The average molecular weight is 303 g/mol. The van der Waals surface area contributed by atoms with Crippen molar-refractivity contribution in [3.63, 3.8) is 0 Å². The summed E-state index contributed by atoms with van der Waals surface area (Å²) in [6.07, 6.45) is 0. The van der Waals surface area contributed by atoms with E-state index in [1.54, 1.807) is 0 Å². The van der Waals surface area contributed by atoms with E-state index < -0.39 is 22.0 Å². The van der Waals surface area contributed by atoms with E-state index in [1.807, 2.05) is 0 Å². The van der Waals surface area contributed by atoms with Crippen LogP contribution in [0, 0.1) is 0 Å². The third-order valence-electron chi connectivity index (χ3n) is 2.90. The lowest BCUT2D eigenvalue weighted by molar-refractivity contribution is -0.140. The Kier molecular flexibility index (Phi) is 4.96. The molecule has 0 fully saturated rings. The molecule has 1 aromatic rings. The third kappa shape index (κ3) is 3.20. The third-order valence-corrected chi connectivity index (χ3v) is 4.81. The second-order valence-corrected chi connectivity index (χ2v) is 6.08. The Morgan fingerprint density at radius 1 is 1.20 bits per heavy atom. The van der Waals surface area contributed by atoms with E-state index in [1.165, 1.54) is 46.4 Å². The highest BCUT2D eigenvalue weighted by Gasteiger charge is 2.30. The minimum Gasteiger partial charge on any atom is -0.497 e. The van der Waals surface area contributed by atoms with Crippen molar-refractivity contribution in [2.75, 3.05) is 21.3 Å². The molecule has 0 heterocycles. The van der Waals surface area contributed by atoms with Crippen LogP contribution in [0.1, 0.15) is 6.92 Å². The van der Waals surface area contributed by atoms with Gasteiger partial charge in [-0.3, -0.25) is 4.79 Å². The Bertz CT molecular complexity index is 576. The molecule has 0 aliphatic heterocycles. The van der Waals surface area contributed by atoms with Crippen LogP contribution in [0.3, 0.4) is 0 Å². The maximum Gasteiger partial charge on any atom is 0.321 e. The SMILES string of the molecule is COc1cc(OC)cc(S(=O)(=O)N(C)C(C)C(=O)O)c1. The van der Waals surface area contributed by atoms with E-state index in [-0.39, 0.29) is 4.90 Å². The molecule has 1 rings (SSSR count). The van der Waals surface area contributed by atoms with Crippen molar-refractivity contribution < 1.29 is 27.8 Å². The Hall–Kier alpha value is -1.80. The van der Waals surface area contributed by atoms with Crippen LogP contribution >= 0.6 is 0 Å². The van der Waals surface area contributed by atoms with E-state index in [9.17, 15) is 13.2 Å². The van der Waals surface area contributed by atoms with Crippen LogP contribution in [-0.2, 0) is 14.8 Å². The first-order valence-corrected chi connectivity index (χ1v) is 7.12. The van der Waals surface area contributed by atoms with Crippen LogP contribution in [0.4, 0.5) is 0 Å². The van der Waals surface area contributed by atoms with E-state index in [4.69, 9.17) is 14.6 Å². The molecule has 0 spiro atoms. The molecule has 1 aromatic carbocycles. The van der Waals surface area contributed by atoms with Crippen LogP contribution in [0.5, 0.6) is 11.5 Å². The molecule has 1 N–H and O–H groups in total. The molecular weight excluding hydrogens is 286 g/mol. The van der Waals surface area contributed by atoms with E-state index in [0.29, 0.717) is 11.5 Å². The zero-order valence-corrected chi connectivity index (χ0v) is 12.5. The van der Waals surface area contributed by atoms with Gasteiger partial charge in [0.05, 0.1) is 19.1 Å². The van der Waals surface area contributed by atoms with E-state index in [0.717, 1.165) is 4.31 Å². The second kappa shape index (κ2) is 6.10. The zero-order valence-electron chi connectivity index (χ0n) is 11.7. The molecule has 7 nitrogen and oxygen atoms in total. The Labute approximate surface area is 117 Å². The summed E-state index contributed by atoms with van der Waals surface area (Å²) in [6, 6.07) is 2.96. The van der Waals surface area contributed by atoms with Crippen molar-refractivity contribution in [2.24, 2.45) is 0 Å². The molecular formula is C12H17NO6S. The van der Waals surface area contributed by atoms with Crippen molar-refractivity contribution in [3.05, 3.63) is 18.2 Å². The van der Waals surface area contributed by atoms with Crippen molar-refractivity contribution in [3.8, 4) is 11.5 Å². The number of benzene rings is 1. The number of sulfonamides is 1. The quantitative estimate of drug-likeness (QED) is 0.835. The molecule has 0 aromatic heterocycles. The van der Waals surface area contributed by atoms with Crippen LogP contribution < -0.4 is 9.47 Å². The topological polar surface area (TPSA) is 93.1 Å². The van der Waals surface area contributed by atoms with Gasteiger partial charge in [-0.25, -0.2) is 8.42 Å². The fourth-order valence-electron chi connectivity index (χ4n) is 1.46. The number of carbonyl (C=O) groups is 1. The van der Waals surface area contributed by atoms with Crippen LogP contribution in [0.2, 0.25) is 0 Å². The van der Waals surface area contributed by atoms with E-state index >= 15 is 0 Å². The van der Waals surface area contributed by atoms with Crippen molar-refractivity contribution >= 4 is 16.0 Å². The molecule has 20 heavy (non-hydrogen) atoms. The molecule has 8 heteroatoms. The highest BCUT2D eigenvalue weighted by molar-refractivity contribution is 7.89. The number of ether oxygens (including phenoxy) is 2. The number of carboxylic acids is 1. The minimum absolute atomic E-state index is 0.0932. The number of methoxy groups -OCH3 is 2. The molecule has 0 amide bonds. The summed E-state index contributed by atoms with van der Waals surface area (Å²) < 4.78 is 35.5. The summed E-state index contributed by atoms with van der Waals surface area (Å²) in [5.74, 6) is -0.621. The van der Waals surface area contributed by atoms with Crippen molar-refractivity contribution in [1.29, 1.82) is 0 Å². The number of hydrogen-bond acceptors (Lipinski definition) is 5. The predicted molar refractivity (Wildman–Crippen MR) is 71.6 cm³/mol. The standard InChI is InChI=1S/C12H17NO6S/c1-8(12(14)15)13(2)20(16,17)11-6-9(18-3)5-10(7-11)19-4/h5-8H,1-4H3,(H,14,15). The predicted octanol–water partition coefficient (Wildman–Crippen LogP) is 0.797. The number of hydrogen-bond donors (Lipinski definition) is 1. The van der Waals surface area contributed by atoms with E-state index in [2.05, 4.69) is 0 Å². The molecule has 0 saturated heterocycles. The molecule has 112 valence electrons. The van der Waals surface area contributed by atoms with Gasteiger partial charge in [-0.15, -0.1) is 0 Å². The van der Waals surface area contributed by atoms with Gasteiger partial charge in [0.15, 0.2) is 0 Å². The molecule has 0 saturated carbocycles. The summed E-state index contributed by atoms with van der Waals surface area (Å²) in [5, 5.41) is 8.91. The maximum absolute atomic E-state index is 12.4. The maximum atomic E-state index is 12.4. The molecule has 1 unspecified atom stereocenters. The van der Waals surface area contributed by atoms with Crippen molar-refractivity contribution in [2.45, 2.75) is 17.9 Å². The van der Waals surface area contributed by atoms with Gasteiger partial charge in [-0.05, 0) is 6.92 Å². The fraction of sp³-hybridized carbons (Fsp3) is 0.417. The number of aliphatic carboxylic acids is 1. The number of carboxylic acid groups (broad SMARTS) is 1. The molecule has 0 radical (unpaired) electrons. The Morgan fingerprint density at radius 2 is 1.65 bits per heavy atom. The second-order valence-electron chi connectivity index (χ2n) is 4.08. The monoisotopic (exact) mass is 303 g/mol. The van der Waals surface area contributed by atoms with Crippen molar-refractivity contribution in [1.82, 2.24) is 4.31 Å². The molecule has 0 bridgehead atoms. The number of likely N-dealkylation sites (N-methyl/N-ethyl adjacent to an activating group) is 1. The number of nitrogens with zero attached hydrogens (tertiary/aromatic N) is 1. The number of rotatable bonds is 6. The highest BCUT2D eigenvalue weighted by atomic mass is 32.2. The first kappa shape index (κ1) is 16.3. The van der Waals surface area contributed by atoms with Gasteiger partial charge >= 0.3 is 5.97 Å². The van der Waals surface area contributed by atoms with Gasteiger partial charge < -0.3 is 14.6 Å². The summed E-state index contributed by atoms with van der Waals surface area (Å²) in [5.41, 5.74) is 0. The summed E-state index contributed by atoms with van der Waals surface area (Å²) in [6.45, 7) is 1.29. The van der Waals surface area contributed by atoms with Gasteiger partial charge in [0.1, 0.15) is 17.5 Å². The van der Waals surface area contributed by atoms with Gasteiger partial charge in [0.2, 0.25) is 10.0 Å². The fourth-order valence-corrected chi connectivity index (χ4v) is 2.83. The summed E-state index contributed by atoms with van der Waals surface area (Å²) in [7, 11) is 0.0476. The lowest BCUT2D eigenvalue weighted by Crippen LogP contribution is -2.40. The minimum atomic E-state index is -3.96. The average Bonchev–Trinajstić information content (AvgIpc) is 2.44. The van der Waals surface area contributed by atoms with Gasteiger partial charge in [-0.1, -0.05) is 0 Å². The van der Waals surface area contributed by atoms with Crippen LogP contribution in [0.15, 0.2) is 23.1 Å². The molecule has 1 atom stereocenters. The normalized spacial score (nSPS) is 13.1. The smallest absolute Gasteiger partial charge is 0.321 e. The largest absolute Gasteiger partial charge is 0.497 e. The lowest BCUT2D eigenvalue weighted by Gasteiger charge is -2.21. The van der Waals surface area contributed by atoms with Gasteiger partial charge in [0.25, 0.3) is 0 Å². The highest BCUT2D eigenvalue weighted by Crippen LogP contribution is 2.27. The summed E-state index contributed by atoms with van der Waals surface area (Å²) in [4.78, 5) is 10.8. The molecule has 0 aliphatic rings. The first-order valence-electron chi connectivity index (χ1n) is 5.68. The Balaban J connectivity index is 3.31. The molecule has 0 aliphatic carbocycles. The first-order chi connectivity index (χ1) is 9.23. The summed E-state index contributed by atoms with van der Waals surface area (Å²) >= 11 is 0. The van der Waals surface area contributed by atoms with Gasteiger partial charge in [-0.2, -0.15) is 4.31 Å². The van der Waals surface area contributed by atoms with Crippen LogP contribution in [-0.4, -0.2) is 51.1 Å². The van der Waals surface area contributed by atoms with Crippen LogP contribution in [0.25, 0.3) is 0 Å². The zero-order chi connectivity index (χ0) is 15.5. The lowest BCUT2D eigenvalue weighted by atomic mass is 10.3.